The molecule has 0 radical (unpaired) electrons. The van der Waals surface area contributed by atoms with E-state index in [-0.39, 0.29) is 17.9 Å². The maximum Gasteiger partial charge on any atom is 0.312 e. The molecule has 2 heterocycles. The van der Waals surface area contributed by atoms with Gasteiger partial charge in [-0.3, -0.25) is 15.0 Å². The summed E-state index contributed by atoms with van der Waals surface area (Å²) in [5.41, 5.74) is 0.0408. The molecule has 0 aliphatic carbocycles. The van der Waals surface area contributed by atoms with E-state index in [0.717, 1.165) is 13.1 Å². The molecule has 0 spiro atoms. The molecule has 0 amide bonds. The fraction of sp³-hybridized carbons (Fsp3) is 0.500. The number of hydrogen-bond acceptors (Lipinski definition) is 7. The van der Waals surface area contributed by atoms with Gasteiger partial charge in [0.05, 0.1) is 17.1 Å². The average molecular weight is 277 g/mol. The van der Waals surface area contributed by atoms with Crippen LogP contribution in [-0.4, -0.2) is 59.2 Å². The Hall–Kier alpha value is -2.24. The molecule has 1 N–H and O–H groups in total. The highest BCUT2D eigenvalue weighted by Gasteiger charge is 2.25. The lowest BCUT2D eigenvalue weighted by Gasteiger charge is -2.34. The summed E-state index contributed by atoms with van der Waals surface area (Å²) in [6, 6.07) is 3.11. The van der Waals surface area contributed by atoms with Crippen molar-refractivity contribution in [1.29, 1.82) is 5.26 Å². The summed E-state index contributed by atoms with van der Waals surface area (Å²) >= 11 is 0. The molecule has 1 fully saturated rings. The molecular formula is C12H15N5O3. The van der Waals surface area contributed by atoms with Crippen molar-refractivity contribution in [2.45, 2.75) is 0 Å². The monoisotopic (exact) mass is 277 g/mol. The highest BCUT2D eigenvalue weighted by atomic mass is 16.6. The van der Waals surface area contributed by atoms with Crippen molar-refractivity contribution in [3.63, 3.8) is 0 Å². The lowest BCUT2D eigenvalue weighted by atomic mass is 10.2. The van der Waals surface area contributed by atoms with Crippen molar-refractivity contribution in [2.75, 3.05) is 44.2 Å². The van der Waals surface area contributed by atoms with Crippen molar-refractivity contribution in [2.24, 2.45) is 0 Å². The molecule has 8 heteroatoms. The van der Waals surface area contributed by atoms with Gasteiger partial charge >= 0.3 is 5.69 Å². The van der Waals surface area contributed by atoms with Crippen LogP contribution in [0.15, 0.2) is 12.3 Å². The number of rotatable bonds is 4. The number of nitriles is 1. The number of aromatic nitrogens is 1. The van der Waals surface area contributed by atoms with Gasteiger partial charge in [-0.15, -0.1) is 0 Å². The van der Waals surface area contributed by atoms with Gasteiger partial charge in [0.15, 0.2) is 0 Å². The first-order chi connectivity index (χ1) is 9.65. The van der Waals surface area contributed by atoms with Gasteiger partial charge in [-0.1, -0.05) is 0 Å². The van der Waals surface area contributed by atoms with E-state index in [4.69, 9.17) is 10.4 Å². The van der Waals surface area contributed by atoms with Crippen molar-refractivity contribution < 1.29 is 10.0 Å². The maximum atomic E-state index is 11.1. The standard InChI is InChI=1S/C12H15N5O3/c13-8-10-7-11(17(19)20)12(14-9-10)16-3-1-15(2-4-16)5-6-18/h7,9,18H,1-6H2. The van der Waals surface area contributed by atoms with Crippen LogP contribution in [-0.2, 0) is 0 Å². The van der Waals surface area contributed by atoms with E-state index in [1.807, 2.05) is 11.0 Å². The molecule has 8 nitrogen and oxygen atoms in total. The van der Waals surface area contributed by atoms with Crippen molar-refractivity contribution in [1.82, 2.24) is 9.88 Å². The summed E-state index contributed by atoms with van der Waals surface area (Å²) in [5, 5.41) is 28.8. The number of aliphatic hydroxyl groups is 1. The molecule has 1 aromatic rings. The lowest BCUT2D eigenvalue weighted by molar-refractivity contribution is -0.384. The van der Waals surface area contributed by atoms with Crippen LogP contribution in [0.25, 0.3) is 0 Å². The molecule has 0 atom stereocenters. The van der Waals surface area contributed by atoms with E-state index in [9.17, 15) is 10.1 Å². The third-order valence-corrected chi connectivity index (χ3v) is 3.26. The topological polar surface area (TPSA) is 107 Å². The second kappa shape index (κ2) is 6.27. The summed E-state index contributed by atoms with van der Waals surface area (Å²) in [5.74, 6) is 0.303. The van der Waals surface area contributed by atoms with Gasteiger partial charge in [-0.25, -0.2) is 4.98 Å². The molecule has 2 rings (SSSR count). The van der Waals surface area contributed by atoms with Crippen molar-refractivity contribution in [3.05, 3.63) is 27.9 Å². The third kappa shape index (κ3) is 3.01. The Kier molecular flexibility index (Phi) is 4.45. The zero-order chi connectivity index (χ0) is 14.5. The first-order valence-electron chi connectivity index (χ1n) is 6.28. The molecule has 20 heavy (non-hydrogen) atoms. The van der Waals surface area contributed by atoms with E-state index < -0.39 is 4.92 Å². The highest BCUT2D eigenvalue weighted by molar-refractivity contribution is 5.60. The number of hydrogen-bond donors (Lipinski definition) is 1. The van der Waals surface area contributed by atoms with Gasteiger partial charge in [-0.2, -0.15) is 5.26 Å². The van der Waals surface area contributed by atoms with Gasteiger partial charge in [0.25, 0.3) is 0 Å². The quantitative estimate of drug-likeness (QED) is 0.608. The second-order valence-electron chi connectivity index (χ2n) is 4.49. The first-order valence-corrected chi connectivity index (χ1v) is 6.28. The molecule has 0 aromatic carbocycles. The number of piperazine rings is 1. The fourth-order valence-corrected chi connectivity index (χ4v) is 2.21. The highest BCUT2D eigenvalue weighted by Crippen LogP contribution is 2.27. The van der Waals surface area contributed by atoms with E-state index in [1.165, 1.54) is 12.3 Å². The molecular weight excluding hydrogens is 262 g/mol. The summed E-state index contributed by atoms with van der Waals surface area (Å²) in [4.78, 5) is 18.6. The summed E-state index contributed by atoms with van der Waals surface area (Å²) < 4.78 is 0. The second-order valence-corrected chi connectivity index (χ2v) is 4.49. The maximum absolute atomic E-state index is 11.1. The van der Waals surface area contributed by atoms with Gasteiger partial charge in [-0.05, 0) is 0 Å². The zero-order valence-electron chi connectivity index (χ0n) is 10.9. The predicted octanol–water partition coefficient (Wildman–Crippen LogP) is -0.0242. The Morgan fingerprint density at radius 2 is 2.15 bits per heavy atom. The number of nitro groups is 1. The lowest BCUT2D eigenvalue weighted by Crippen LogP contribution is -2.47. The largest absolute Gasteiger partial charge is 0.395 e. The van der Waals surface area contributed by atoms with E-state index in [0.29, 0.717) is 25.5 Å². The van der Waals surface area contributed by atoms with Crippen LogP contribution in [0.1, 0.15) is 5.56 Å². The predicted molar refractivity (Wildman–Crippen MR) is 71.3 cm³/mol. The third-order valence-electron chi connectivity index (χ3n) is 3.26. The van der Waals surface area contributed by atoms with Crippen LogP contribution >= 0.6 is 0 Å². The van der Waals surface area contributed by atoms with E-state index >= 15 is 0 Å². The Labute approximate surface area is 116 Å². The minimum absolute atomic E-state index is 0.106. The van der Waals surface area contributed by atoms with Crippen LogP contribution in [0.3, 0.4) is 0 Å². The minimum atomic E-state index is -0.511. The minimum Gasteiger partial charge on any atom is -0.395 e. The number of aliphatic hydroxyl groups excluding tert-OH is 1. The number of anilines is 1. The van der Waals surface area contributed by atoms with Crippen LogP contribution in [0.4, 0.5) is 11.5 Å². The molecule has 1 aliphatic heterocycles. The number of pyridine rings is 1. The first kappa shape index (κ1) is 14.2. The average Bonchev–Trinajstić information content (AvgIpc) is 2.48. The van der Waals surface area contributed by atoms with Gasteiger partial charge in [0.2, 0.25) is 5.82 Å². The molecule has 0 saturated carbocycles. The Bertz CT molecular complexity index is 534. The zero-order valence-corrected chi connectivity index (χ0v) is 10.9. The SMILES string of the molecule is N#Cc1cnc(N2CCN(CCO)CC2)c([N+](=O)[O-])c1. The van der Waals surface area contributed by atoms with E-state index in [2.05, 4.69) is 9.88 Å². The number of nitrogens with zero attached hydrogens (tertiary/aromatic N) is 5. The molecule has 0 unspecified atom stereocenters. The normalized spacial score (nSPS) is 15.9. The summed E-state index contributed by atoms with van der Waals surface area (Å²) in [6.07, 6.45) is 1.35. The smallest absolute Gasteiger partial charge is 0.312 e. The molecule has 1 aromatic heterocycles. The van der Waals surface area contributed by atoms with Crippen molar-refractivity contribution >= 4 is 11.5 Å². The van der Waals surface area contributed by atoms with Gasteiger partial charge < -0.3 is 10.0 Å². The Balaban J connectivity index is 2.17. The molecule has 106 valence electrons. The Morgan fingerprint density at radius 1 is 1.45 bits per heavy atom. The van der Waals surface area contributed by atoms with Gasteiger partial charge in [0.1, 0.15) is 6.07 Å². The molecule has 1 aliphatic rings. The van der Waals surface area contributed by atoms with Crippen LogP contribution in [0.5, 0.6) is 0 Å². The summed E-state index contributed by atoms with van der Waals surface area (Å²) in [7, 11) is 0. The molecule has 0 bridgehead atoms. The Morgan fingerprint density at radius 3 is 2.70 bits per heavy atom. The van der Waals surface area contributed by atoms with Crippen LogP contribution in [0, 0.1) is 21.4 Å². The van der Waals surface area contributed by atoms with Crippen LogP contribution in [0.2, 0.25) is 0 Å². The van der Waals surface area contributed by atoms with Crippen LogP contribution < -0.4 is 4.90 Å². The van der Waals surface area contributed by atoms with Crippen molar-refractivity contribution in [3.8, 4) is 6.07 Å². The van der Waals surface area contributed by atoms with E-state index in [1.54, 1.807) is 0 Å². The van der Waals surface area contributed by atoms with Gasteiger partial charge in [0, 0.05) is 45.0 Å². The summed E-state index contributed by atoms with van der Waals surface area (Å²) in [6.45, 7) is 3.38. The fourth-order valence-electron chi connectivity index (χ4n) is 2.21. The number of β-amino-alcohol motifs (C(OH)–C–C–N with tert-alkyl or cyclic N) is 1. The molecule has 1 saturated heterocycles.